The molecule has 0 saturated carbocycles. The van der Waals surface area contributed by atoms with E-state index in [4.69, 9.17) is 9.84 Å². The summed E-state index contributed by atoms with van der Waals surface area (Å²) in [7, 11) is 0. The second-order valence-corrected chi connectivity index (χ2v) is 8.48. The predicted octanol–water partition coefficient (Wildman–Crippen LogP) is 4.21. The molecule has 0 spiro atoms. The van der Waals surface area contributed by atoms with Gasteiger partial charge < -0.3 is 20.5 Å². The van der Waals surface area contributed by atoms with Gasteiger partial charge in [-0.15, -0.1) is 0 Å². The first-order valence-corrected chi connectivity index (χ1v) is 10.9. The Morgan fingerprint density at radius 2 is 1.73 bits per heavy atom. The molecule has 0 radical (unpaired) electrons. The van der Waals surface area contributed by atoms with Crippen molar-refractivity contribution in [2.24, 2.45) is 5.92 Å². The van der Waals surface area contributed by atoms with E-state index < -0.39 is 17.3 Å². The summed E-state index contributed by atoms with van der Waals surface area (Å²) in [4.78, 5) is 25.1. The molecule has 2 rings (SSSR count). The summed E-state index contributed by atoms with van der Waals surface area (Å²) in [6.45, 7) is 4.23. The highest BCUT2D eigenvalue weighted by atomic mass is 32.2. The normalized spacial score (nSPS) is 11.9. The lowest BCUT2D eigenvalue weighted by Crippen LogP contribution is -2.36. The minimum Gasteiger partial charge on any atom is -0.493 e. The molecule has 2 amide bonds. The molecule has 0 fully saturated rings. The van der Waals surface area contributed by atoms with Crippen LogP contribution in [0.2, 0.25) is 0 Å². The number of ether oxygens (including phenoxy) is 1. The van der Waals surface area contributed by atoms with E-state index in [1.807, 2.05) is 13.8 Å². The van der Waals surface area contributed by atoms with Gasteiger partial charge in [0, 0.05) is 17.0 Å². The van der Waals surface area contributed by atoms with Crippen molar-refractivity contribution in [2.75, 3.05) is 19.8 Å². The highest BCUT2D eigenvalue weighted by molar-refractivity contribution is 8.00. The van der Waals surface area contributed by atoms with Crippen molar-refractivity contribution in [3.63, 3.8) is 0 Å². The van der Waals surface area contributed by atoms with Gasteiger partial charge in [0.1, 0.15) is 11.4 Å². The van der Waals surface area contributed by atoms with Crippen molar-refractivity contribution in [3.05, 3.63) is 65.4 Å². The fourth-order valence-electron chi connectivity index (χ4n) is 2.52. The molecule has 0 aromatic heterocycles. The van der Waals surface area contributed by atoms with Crippen LogP contribution in [-0.2, 0) is 4.79 Å². The van der Waals surface area contributed by atoms with Crippen LogP contribution >= 0.6 is 11.8 Å². The highest BCUT2D eigenvalue weighted by Gasteiger charge is 2.29. The molecular weight excluding hydrogens is 457 g/mol. The SMILES string of the molecule is CC(C)COc1ccc(C(=O)NC(=Cc2ccc(SC(F)(F)F)cc2)C(=O)NCCO)cc1. The van der Waals surface area contributed by atoms with Crippen LogP contribution in [0.3, 0.4) is 0 Å². The Bertz CT molecular complexity index is 959. The number of amides is 2. The molecule has 6 nitrogen and oxygen atoms in total. The fraction of sp³-hybridized carbons (Fsp3) is 0.304. The number of nitrogens with one attached hydrogen (secondary N) is 2. The quantitative estimate of drug-likeness (QED) is 0.349. The van der Waals surface area contributed by atoms with Gasteiger partial charge in [-0.2, -0.15) is 13.2 Å². The van der Waals surface area contributed by atoms with E-state index in [9.17, 15) is 22.8 Å². The second kappa shape index (κ2) is 12.3. The van der Waals surface area contributed by atoms with Crippen LogP contribution in [0.5, 0.6) is 5.75 Å². The van der Waals surface area contributed by atoms with Gasteiger partial charge in [-0.25, -0.2) is 0 Å². The molecule has 0 aliphatic rings. The number of alkyl halides is 3. The molecule has 2 aromatic carbocycles. The summed E-state index contributed by atoms with van der Waals surface area (Å²) >= 11 is -0.248. The number of carbonyl (C=O) groups is 2. The number of carbonyl (C=O) groups excluding carboxylic acids is 2. The average molecular weight is 483 g/mol. The molecular formula is C23H25F3N2O4S. The van der Waals surface area contributed by atoms with Crippen LogP contribution < -0.4 is 15.4 Å². The lowest BCUT2D eigenvalue weighted by molar-refractivity contribution is -0.117. The van der Waals surface area contributed by atoms with Crippen molar-refractivity contribution in [1.82, 2.24) is 10.6 Å². The lowest BCUT2D eigenvalue weighted by Gasteiger charge is -2.12. The van der Waals surface area contributed by atoms with Gasteiger partial charge in [-0.05, 0) is 65.7 Å². The average Bonchev–Trinajstić information content (AvgIpc) is 2.76. The van der Waals surface area contributed by atoms with Crippen LogP contribution in [-0.4, -0.2) is 42.2 Å². The standard InChI is InChI=1S/C23H25F3N2O4S/c1-15(2)14-32-18-7-5-17(6-8-18)21(30)28-20(22(31)27-11-12-29)13-16-3-9-19(10-4-16)33-23(24,25)26/h3-10,13,15,29H,11-12,14H2,1-2H3,(H,27,31)(H,28,30). The van der Waals surface area contributed by atoms with E-state index >= 15 is 0 Å². The lowest BCUT2D eigenvalue weighted by atomic mass is 10.1. The summed E-state index contributed by atoms with van der Waals surface area (Å²) < 4.78 is 43.1. The second-order valence-electron chi connectivity index (χ2n) is 7.34. The summed E-state index contributed by atoms with van der Waals surface area (Å²) in [6, 6.07) is 11.7. The smallest absolute Gasteiger partial charge is 0.446 e. The van der Waals surface area contributed by atoms with E-state index in [0.29, 0.717) is 23.8 Å². The molecule has 0 aliphatic heterocycles. The Kier molecular flexibility index (Phi) is 9.80. The number of benzene rings is 2. The molecule has 0 aliphatic carbocycles. The molecule has 0 heterocycles. The minimum absolute atomic E-state index is 0.00487. The third kappa shape index (κ3) is 9.58. The maximum atomic E-state index is 12.7. The van der Waals surface area contributed by atoms with E-state index in [0.717, 1.165) is 0 Å². The molecule has 0 bridgehead atoms. The van der Waals surface area contributed by atoms with Crippen molar-refractivity contribution < 1.29 is 32.6 Å². The van der Waals surface area contributed by atoms with Crippen LogP contribution in [0.25, 0.3) is 6.08 Å². The van der Waals surface area contributed by atoms with E-state index in [1.165, 1.54) is 30.3 Å². The first-order chi connectivity index (χ1) is 15.6. The zero-order valence-corrected chi connectivity index (χ0v) is 18.9. The Morgan fingerprint density at radius 3 is 2.27 bits per heavy atom. The van der Waals surface area contributed by atoms with Crippen molar-refractivity contribution in [2.45, 2.75) is 24.3 Å². The van der Waals surface area contributed by atoms with Gasteiger partial charge in [0.2, 0.25) is 0 Å². The van der Waals surface area contributed by atoms with Crippen molar-refractivity contribution >= 4 is 29.7 Å². The summed E-state index contributed by atoms with van der Waals surface area (Å²) in [5.74, 6) is -0.254. The van der Waals surface area contributed by atoms with Gasteiger partial charge in [0.05, 0.1) is 13.2 Å². The number of hydrogen-bond acceptors (Lipinski definition) is 5. The molecule has 3 N–H and O–H groups in total. The van der Waals surface area contributed by atoms with Crippen molar-refractivity contribution in [1.29, 1.82) is 0 Å². The zero-order chi connectivity index (χ0) is 24.4. The fourth-order valence-corrected chi connectivity index (χ4v) is 3.05. The van der Waals surface area contributed by atoms with E-state index in [2.05, 4.69) is 10.6 Å². The molecule has 0 saturated heterocycles. The van der Waals surface area contributed by atoms with Gasteiger partial charge in [-0.3, -0.25) is 9.59 Å². The Balaban J connectivity index is 2.18. The first kappa shape index (κ1) is 26.3. The number of halogens is 3. The summed E-state index contributed by atoms with van der Waals surface area (Å²) in [6.07, 6.45) is 1.34. The highest BCUT2D eigenvalue weighted by Crippen LogP contribution is 2.36. The van der Waals surface area contributed by atoms with Gasteiger partial charge in [0.25, 0.3) is 11.8 Å². The first-order valence-electron chi connectivity index (χ1n) is 10.1. The Labute approximate surface area is 194 Å². The number of aliphatic hydroxyl groups excluding tert-OH is 1. The van der Waals surface area contributed by atoms with E-state index in [-0.39, 0.29) is 41.1 Å². The topological polar surface area (TPSA) is 87.7 Å². The summed E-state index contributed by atoms with van der Waals surface area (Å²) in [5.41, 5.74) is -3.83. The Morgan fingerprint density at radius 1 is 1.09 bits per heavy atom. The van der Waals surface area contributed by atoms with Crippen LogP contribution in [0.1, 0.15) is 29.8 Å². The van der Waals surface area contributed by atoms with Crippen molar-refractivity contribution in [3.8, 4) is 5.75 Å². The van der Waals surface area contributed by atoms with E-state index in [1.54, 1.807) is 24.3 Å². The minimum atomic E-state index is -4.41. The monoisotopic (exact) mass is 482 g/mol. The predicted molar refractivity (Wildman–Crippen MR) is 121 cm³/mol. The molecule has 0 unspecified atom stereocenters. The number of aliphatic hydroxyl groups is 1. The Hall–Kier alpha value is -2.98. The van der Waals surface area contributed by atoms with Gasteiger partial charge in [-0.1, -0.05) is 26.0 Å². The van der Waals surface area contributed by atoms with Gasteiger partial charge >= 0.3 is 5.51 Å². The number of thioether (sulfide) groups is 1. The molecule has 10 heteroatoms. The maximum absolute atomic E-state index is 12.7. The summed E-state index contributed by atoms with van der Waals surface area (Å²) in [5, 5.41) is 13.9. The molecule has 178 valence electrons. The van der Waals surface area contributed by atoms with Crippen LogP contribution in [0.4, 0.5) is 13.2 Å². The third-order valence-electron chi connectivity index (χ3n) is 4.01. The third-order valence-corrected chi connectivity index (χ3v) is 4.75. The number of hydrogen-bond donors (Lipinski definition) is 3. The van der Waals surface area contributed by atoms with Crippen LogP contribution in [0, 0.1) is 5.92 Å². The molecule has 0 atom stereocenters. The molecule has 2 aromatic rings. The van der Waals surface area contributed by atoms with Gasteiger partial charge in [0.15, 0.2) is 0 Å². The zero-order valence-electron chi connectivity index (χ0n) is 18.1. The van der Waals surface area contributed by atoms with Crippen LogP contribution in [0.15, 0.2) is 59.1 Å². The maximum Gasteiger partial charge on any atom is 0.446 e. The largest absolute Gasteiger partial charge is 0.493 e. The molecule has 33 heavy (non-hydrogen) atoms. The number of rotatable bonds is 10.